The average molecular weight is 391 g/mol. The van der Waals surface area contributed by atoms with Crippen molar-refractivity contribution in [3.8, 4) is 11.1 Å². The second kappa shape index (κ2) is 7.92. The van der Waals surface area contributed by atoms with Crippen molar-refractivity contribution in [2.75, 3.05) is 19.6 Å². The summed E-state index contributed by atoms with van der Waals surface area (Å²) in [6, 6.07) is 17.6. The number of carbonyl (C=O) groups excluding carboxylic acids is 1. The molecular weight excluding hydrogens is 360 g/mol. The summed E-state index contributed by atoms with van der Waals surface area (Å²) < 4.78 is 0. The van der Waals surface area contributed by atoms with Gasteiger partial charge in [0.05, 0.1) is 12.1 Å². The van der Waals surface area contributed by atoms with E-state index in [-0.39, 0.29) is 11.9 Å². The van der Waals surface area contributed by atoms with Crippen molar-refractivity contribution in [1.29, 1.82) is 0 Å². The van der Waals surface area contributed by atoms with Crippen molar-refractivity contribution in [2.45, 2.75) is 37.8 Å². The lowest BCUT2D eigenvalue weighted by Crippen LogP contribution is -2.49. The second-order valence-electron chi connectivity index (χ2n) is 9.21. The quantitative estimate of drug-likeness (QED) is 0.821. The van der Waals surface area contributed by atoms with E-state index in [1.165, 1.54) is 19.4 Å². The predicted molar refractivity (Wildman–Crippen MR) is 115 cm³/mol. The van der Waals surface area contributed by atoms with Gasteiger partial charge in [0.1, 0.15) is 0 Å². The van der Waals surface area contributed by atoms with Crippen LogP contribution in [-0.4, -0.2) is 47.7 Å². The highest BCUT2D eigenvalue weighted by Gasteiger charge is 2.43. The fourth-order valence-corrected chi connectivity index (χ4v) is 5.29. The maximum Gasteiger partial charge on any atom is 0.252 e. The van der Waals surface area contributed by atoms with Crippen molar-refractivity contribution in [3.63, 3.8) is 0 Å². The SMILES string of the molecule is O=C(N[C@H]1C[C@H]2CN(CC3CC3)C[C@H]2C[C@@H]1O)c1ccccc1-c1ccccc1. The number of aliphatic hydroxyl groups is 1. The molecule has 1 aliphatic heterocycles. The smallest absolute Gasteiger partial charge is 0.252 e. The van der Waals surface area contributed by atoms with Gasteiger partial charge in [-0.3, -0.25) is 4.79 Å². The Kier molecular flexibility index (Phi) is 5.15. The molecule has 1 heterocycles. The van der Waals surface area contributed by atoms with Gasteiger partial charge in [0.2, 0.25) is 0 Å². The van der Waals surface area contributed by atoms with Gasteiger partial charge in [0.15, 0.2) is 0 Å². The number of aliphatic hydroxyl groups excluding tert-OH is 1. The van der Waals surface area contributed by atoms with Crippen molar-refractivity contribution in [1.82, 2.24) is 10.2 Å². The Morgan fingerprint density at radius 1 is 0.966 bits per heavy atom. The molecule has 2 N–H and O–H groups in total. The molecule has 0 unspecified atom stereocenters. The Balaban J connectivity index is 1.28. The van der Waals surface area contributed by atoms with Crippen LogP contribution in [0.3, 0.4) is 0 Å². The van der Waals surface area contributed by atoms with Gasteiger partial charge in [-0.25, -0.2) is 0 Å². The van der Waals surface area contributed by atoms with Crippen LogP contribution in [0.1, 0.15) is 36.0 Å². The summed E-state index contributed by atoms with van der Waals surface area (Å²) in [7, 11) is 0. The maximum atomic E-state index is 13.1. The van der Waals surface area contributed by atoms with E-state index in [0.717, 1.165) is 43.0 Å². The minimum Gasteiger partial charge on any atom is -0.391 e. The molecule has 152 valence electrons. The number of likely N-dealkylation sites (tertiary alicyclic amines) is 1. The topological polar surface area (TPSA) is 52.6 Å². The molecule has 5 rings (SSSR count). The van der Waals surface area contributed by atoms with Crippen molar-refractivity contribution in [3.05, 3.63) is 60.2 Å². The number of carbonyl (C=O) groups is 1. The summed E-state index contributed by atoms with van der Waals surface area (Å²) >= 11 is 0. The number of hydrogen-bond acceptors (Lipinski definition) is 3. The first kappa shape index (κ1) is 18.8. The molecule has 2 aromatic carbocycles. The number of hydrogen-bond donors (Lipinski definition) is 2. The van der Waals surface area contributed by atoms with E-state index in [0.29, 0.717) is 17.4 Å². The van der Waals surface area contributed by atoms with Gasteiger partial charge in [-0.15, -0.1) is 0 Å². The summed E-state index contributed by atoms with van der Waals surface area (Å²) in [6.07, 6.45) is 4.00. The lowest BCUT2D eigenvalue weighted by Gasteiger charge is -2.35. The van der Waals surface area contributed by atoms with E-state index in [1.807, 2.05) is 54.6 Å². The first-order valence-electron chi connectivity index (χ1n) is 11.0. The van der Waals surface area contributed by atoms with Gasteiger partial charge in [0.25, 0.3) is 5.91 Å². The van der Waals surface area contributed by atoms with Gasteiger partial charge in [-0.2, -0.15) is 0 Å². The highest BCUT2D eigenvalue weighted by Crippen LogP contribution is 2.39. The van der Waals surface area contributed by atoms with Crippen LogP contribution in [0.25, 0.3) is 11.1 Å². The lowest BCUT2D eigenvalue weighted by molar-refractivity contribution is 0.0462. The lowest BCUT2D eigenvalue weighted by atomic mass is 9.77. The van der Waals surface area contributed by atoms with Crippen molar-refractivity contribution in [2.24, 2.45) is 17.8 Å². The van der Waals surface area contributed by atoms with Crippen LogP contribution in [0.4, 0.5) is 0 Å². The largest absolute Gasteiger partial charge is 0.391 e. The molecule has 2 aromatic rings. The zero-order valence-corrected chi connectivity index (χ0v) is 16.8. The minimum absolute atomic E-state index is 0.0835. The number of benzene rings is 2. The Hall–Kier alpha value is -2.17. The molecule has 0 spiro atoms. The first-order chi connectivity index (χ1) is 14.2. The minimum atomic E-state index is -0.454. The number of rotatable bonds is 5. The molecule has 3 aliphatic rings. The van der Waals surface area contributed by atoms with Crippen LogP contribution >= 0.6 is 0 Å². The van der Waals surface area contributed by atoms with E-state index in [9.17, 15) is 9.90 Å². The molecule has 4 nitrogen and oxygen atoms in total. The molecule has 29 heavy (non-hydrogen) atoms. The van der Waals surface area contributed by atoms with Gasteiger partial charge in [0, 0.05) is 25.2 Å². The van der Waals surface area contributed by atoms with E-state index < -0.39 is 6.10 Å². The number of nitrogens with zero attached hydrogens (tertiary/aromatic N) is 1. The van der Waals surface area contributed by atoms with E-state index in [1.54, 1.807) is 0 Å². The molecule has 0 aromatic heterocycles. The molecule has 2 aliphatic carbocycles. The Labute approximate surface area is 172 Å². The zero-order valence-electron chi connectivity index (χ0n) is 16.8. The fraction of sp³-hybridized carbons (Fsp3) is 0.480. The highest BCUT2D eigenvalue weighted by atomic mass is 16.3. The van der Waals surface area contributed by atoms with Crippen LogP contribution in [-0.2, 0) is 0 Å². The molecule has 0 bridgehead atoms. The maximum absolute atomic E-state index is 13.1. The summed E-state index contributed by atoms with van der Waals surface area (Å²) in [5.41, 5.74) is 2.65. The van der Waals surface area contributed by atoms with Gasteiger partial charge >= 0.3 is 0 Å². The monoisotopic (exact) mass is 390 g/mol. The fourth-order valence-electron chi connectivity index (χ4n) is 5.29. The summed E-state index contributed by atoms with van der Waals surface area (Å²) in [6.45, 7) is 3.47. The summed E-state index contributed by atoms with van der Waals surface area (Å²) in [4.78, 5) is 15.7. The van der Waals surface area contributed by atoms with Crippen LogP contribution in [0.2, 0.25) is 0 Å². The molecule has 1 saturated heterocycles. The first-order valence-corrected chi connectivity index (χ1v) is 11.0. The van der Waals surface area contributed by atoms with E-state index in [2.05, 4.69) is 10.2 Å². The Bertz CT molecular complexity index is 864. The number of nitrogens with one attached hydrogen (secondary N) is 1. The zero-order chi connectivity index (χ0) is 19.8. The normalized spacial score (nSPS) is 29.4. The third-order valence-corrected chi connectivity index (χ3v) is 7.00. The van der Waals surface area contributed by atoms with Crippen LogP contribution < -0.4 is 5.32 Å². The second-order valence-corrected chi connectivity index (χ2v) is 9.21. The number of fused-ring (bicyclic) bond motifs is 1. The predicted octanol–water partition coefficient (Wildman–Crippen LogP) is 3.56. The Morgan fingerprint density at radius 3 is 2.41 bits per heavy atom. The molecule has 4 heteroatoms. The average Bonchev–Trinajstić information content (AvgIpc) is 3.47. The summed E-state index contributed by atoms with van der Waals surface area (Å²) in [5, 5.41) is 13.9. The van der Waals surface area contributed by atoms with Crippen LogP contribution in [0.5, 0.6) is 0 Å². The standard InChI is InChI=1S/C25H30N2O2/c28-24-13-20-16-27(14-17-10-11-17)15-19(20)12-23(24)26-25(29)22-9-5-4-8-21(22)18-6-2-1-3-7-18/h1-9,17,19-20,23-24,28H,10-16H2,(H,26,29)/t19-,20+,23-,24-/m0/s1. The highest BCUT2D eigenvalue weighted by molar-refractivity contribution is 6.01. The molecule has 2 saturated carbocycles. The summed E-state index contributed by atoms with van der Waals surface area (Å²) in [5.74, 6) is 1.99. The molecule has 3 fully saturated rings. The van der Waals surface area contributed by atoms with Gasteiger partial charge in [-0.05, 0) is 60.6 Å². The van der Waals surface area contributed by atoms with Crippen LogP contribution in [0.15, 0.2) is 54.6 Å². The third kappa shape index (κ3) is 4.10. The molecular formula is C25H30N2O2. The van der Waals surface area contributed by atoms with Crippen molar-refractivity contribution < 1.29 is 9.90 Å². The third-order valence-electron chi connectivity index (χ3n) is 7.00. The van der Waals surface area contributed by atoms with Gasteiger partial charge < -0.3 is 15.3 Å². The van der Waals surface area contributed by atoms with E-state index in [4.69, 9.17) is 0 Å². The number of amides is 1. The molecule has 0 radical (unpaired) electrons. The Morgan fingerprint density at radius 2 is 1.66 bits per heavy atom. The van der Waals surface area contributed by atoms with E-state index >= 15 is 0 Å². The van der Waals surface area contributed by atoms with Crippen LogP contribution in [0, 0.1) is 17.8 Å². The molecule has 1 amide bonds. The molecule has 4 atom stereocenters. The van der Waals surface area contributed by atoms with Crippen molar-refractivity contribution >= 4 is 5.91 Å². The van der Waals surface area contributed by atoms with Gasteiger partial charge in [-0.1, -0.05) is 48.5 Å².